The smallest absolute Gasteiger partial charge is 0.110 e. The summed E-state index contributed by atoms with van der Waals surface area (Å²) in [5.41, 5.74) is -0.00155. The van der Waals surface area contributed by atoms with Crippen LogP contribution in [0.4, 0.5) is 0 Å². The summed E-state index contributed by atoms with van der Waals surface area (Å²) in [6, 6.07) is 0.336. The van der Waals surface area contributed by atoms with Gasteiger partial charge in [0.15, 0.2) is 0 Å². The van der Waals surface area contributed by atoms with Crippen molar-refractivity contribution in [3.05, 3.63) is 0 Å². The third kappa shape index (κ3) is 4.43. The number of hydrogen-bond acceptors (Lipinski definition) is 2. The predicted octanol–water partition coefficient (Wildman–Crippen LogP) is 2.77. The molecule has 2 atom stereocenters. The highest BCUT2D eigenvalue weighted by molar-refractivity contribution is 4.81. The molecular weight excluding hydrogens is 174 g/mol. The SMILES string of the molecule is CCC(C)(CC(C)C)C(O)NC(C)C. The van der Waals surface area contributed by atoms with E-state index in [4.69, 9.17) is 0 Å². The zero-order valence-electron chi connectivity index (χ0n) is 10.6. The van der Waals surface area contributed by atoms with E-state index in [2.05, 4.69) is 46.9 Å². The van der Waals surface area contributed by atoms with Gasteiger partial charge in [0.2, 0.25) is 0 Å². The lowest BCUT2D eigenvalue weighted by molar-refractivity contribution is -0.0116. The Morgan fingerprint density at radius 2 is 1.71 bits per heavy atom. The molecule has 0 aromatic carbocycles. The van der Waals surface area contributed by atoms with Gasteiger partial charge >= 0.3 is 0 Å². The Bertz CT molecular complexity index is 156. The first kappa shape index (κ1) is 13.9. The van der Waals surface area contributed by atoms with Gasteiger partial charge in [0.05, 0.1) is 0 Å². The second kappa shape index (κ2) is 5.72. The second-order valence-electron chi connectivity index (χ2n) is 5.33. The summed E-state index contributed by atoms with van der Waals surface area (Å²) < 4.78 is 0. The largest absolute Gasteiger partial charge is 0.378 e. The molecule has 0 aromatic heterocycles. The van der Waals surface area contributed by atoms with Crippen molar-refractivity contribution < 1.29 is 5.11 Å². The average molecular weight is 201 g/mol. The van der Waals surface area contributed by atoms with Crippen LogP contribution in [0.15, 0.2) is 0 Å². The van der Waals surface area contributed by atoms with Crippen molar-refractivity contribution in [3.8, 4) is 0 Å². The van der Waals surface area contributed by atoms with Crippen molar-refractivity contribution in [2.75, 3.05) is 0 Å². The van der Waals surface area contributed by atoms with Gasteiger partial charge in [-0.3, -0.25) is 5.32 Å². The highest BCUT2D eigenvalue weighted by Gasteiger charge is 2.31. The normalized spacial score (nSPS) is 18.6. The fraction of sp³-hybridized carbons (Fsp3) is 1.00. The van der Waals surface area contributed by atoms with Crippen LogP contribution in [0.1, 0.15) is 54.4 Å². The van der Waals surface area contributed by atoms with Crippen molar-refractivity contribution in [2.45, 2.75) is 66.7 Å². The van der Waals surface area contributed by atoms with Crippen LogP contribution in [0.2, 0.25) is 0 Å². The number of aliphatic hydroxyl groups excluding tert-OH is 1. The number of hydrogen-bond donors (Lipinski definition) is 2. The summed E-state index contributed by atoms with van der Waals surface area (Å²) in [4.78, 5) is 0. The molecule has 0 spiro atoms. The lowest BCUT2D eigenvalue weighted by Crippen LogP contribution is -2.46. The number of nitrogens with one attached hydrogen (secondary N) is 1. The third-order valence-corrected chi connectivity index (χ3v) is 2.83. The number of rotatable bonds is 6. The molecular formula is C12H27NO. The van der Waals surface area contributed by atoms with E-state index < -0.39 is 6.23 Å². The lowest BCUT2D eigenvalue weighted by Gasteiger charge is -2.36. The van der Waals surface area contributed by atoms with Gasteiger partial charge in [0, 0.05) is 11.5 Å². The molecule has 0 aliphatic rings. The van der Waals surface area contributed by atoms with Gasteiger partial charge in [-0.1, -0.05) is 27.7 Å². The van der Waals surface area contributed by atoms with Crippen LogP contribution in [-0.4, -0.2) is 17.4 Å². The van der Waals surface area contributed by atoms with E-state index in [0.29, 0.717) is 12.0 Å². The predicted molar refractivity (Wildman–Crippen MR) is 62.1 cm³/mol. The maximum Gasteiger partial charge on any atom is 0.110 e. The molecule has 0 aromatic rings. The Morgan fingerprint density at radius 3 is 2.00 bits per heavy atom. The van der Waals surface area contributed by atoms with Crippen molar-refractivity contribution in [1.82, 2.24) is 5.32 Å². The van der Waals surface area contributed by atoms with E-state index in [-0.39, 0.29) is 5.41 Å². The van der Waals surface area contributed by atoms with Gasteiger partial charge in [-0.2, -0.15) is 0 Å². The van der Waals surface area contributed by atoms with Gasteiger partial charge < -0.3 is 5.11 Å². The highest BCUT2D eigenvalue weighted by atomic mass is 16.3. The van der Waals surface area contributed by atoms with E-state index in [1.807, 2.05) is 0 Å². The lowest BCUT2D eigenvalue weighted by atomic mass is 9.78. The molecule has 2 heteroatoms. The Kier molecular flexibility index (Phi) is 5.68. The third-order valence-electron chi connectivity index (χ3n) is 2.83. The standard InChI is InChI=1S/C12H27NO/c1-7-12(6,8-9(2)3)11(14)13-10(4)5/h9-11,13-14H,7-8H2,1-6H3. The maximum absolute atomic E-state index is 10.1. The van der Waals surface area contributed by atoms with Gasteiger partial charge in [-0.15, -0.1) is 0 Å². The first-order valence-corrected chi connectivity index (χ1v) is 5.76. The van der Waals surface area contributed by atoms with Crippen LogP contribution in [0.25, 0.3) is 0 Å². The van der Waals surface area contributed by atoms with E-state index >= 15 is 0 Å². The molecule has 0 bridgehead atoms. The average Bonchev–Trinajstić information content (AvgIpc) is 2.01. The fourth-order valence-corrected chi connectivity index (χ4v) is 1.90. The minimum atomic E-state index is -0.394. The molecule has 0 aliphatic heterocycles. The molecule has 0 rings (SSSR count). The Morgan fingerprint density at radius 1 is 1.21 bits per heavy atom. The Hall–Kier alpha value is -0.0800. The van der Waals surface area contributed by atoms with Gasteiger partial charge in [-0.05, 0) is 32.6 Å². The molecule has 2 nitrogen and oxygen atoms in total. The van der Waals surface area contributed by atoms with Crippen LogP contribution in [0.5, 0.6) is 0 Å². The summed E-state index contributed by atoms with van der Waals surface area (Å²) in [5, 5.41) is 13.3. The summed E-state index contributed by atoms with van der Waals surface area (Å²) in [6.45, 7) is 12.8. The summed E-state index contributed by atoms with van der Waals surface area (Å²) in [6.07, 6.45) is 1.67. The second-order valence-corrected chi connectivity index (χ2v) is 5.33. The Labute approximate surface area is 89.1 Å². The van der Waals surface area contributed by atoms with Crippen LogP contribution in [-0.2, 0) is 0 Å². The Balaban J connectivity index is 4.34. The van der Waals surface area contributed by atoms with Crippen molar-refractivity contribution in [2.24, 2.45) is 11.3 Å². The van der Waals surface area contributed by atoms with Crippen LogP contribution < -0.4 is 5.32 Å². The zero-order valence-corrected chi connectivity index (χ0v) is 10.6. The molecule has 0 saturated carbocycles. The molecule has 14 heavy (non-hydrogen) atoms. The molecule has 0 aliphatic carbocycles. The molecule has 2 N–H and O–H groups in total. The highest BCUT2D eigenvalue weighted by Crippen LogP contribution is 2.32. The molecule has 0 heterocycles. The van der Waals surface area contributed by atoms with E-state index in [1.165, 1.54) is 0 Å². The summed E-state index contributed by atoms with van der Waals surface area (Å²) in [5.74, 6) is 0.628. The van der Waals surface area contributed by atoms with Crippen molar-refractivity contribution in [1.29, 1.82) is 0 Å². The van der Waals surface area contributed by atoms with Crippen LogP contribution in [0.3, 0.4) is 0 Å². The van der Waals surface area contributed by atoms with Crippen LogP contribution >= 0.6 is 0 Å². The van der Waals surface area contributed by atoms with E-state index in [1.54, 1.807) is 0 Å². The summed E-state index contributed by atoms with van der Waals surface area (Å²) >= 11 is 0. The minimum absolute atomic E-state index is 0.00155. The minimum Gasteiger partial charge on any atom is -0.378 e. The van der Waals surface area contributed by atoms with Gasteiger partial charge in [0.25, 0.3) is 0 Å². The molecule has 0 fully saturated rings. The number of aliphatic hydroxyl groups is 1. The maximum atomic E-state index is 10.1. The summed E-state index contributed by atoms with van der Waals surface area (Å²) in [7, 11) is 0. The van der Waals surface area contributed by atoms with Gasteiger partial charge in [-0.25, -0.2) is 0 Å². The van der Waals surface area contributed by atoms with E-state index in [9.17, 15) is 5.11 Å². The van der Waals surface area contributed by atoms with Crippen molar-refractivity contribution >= 4 is 0 Å². The zero-order chi connectivity index (χ0) is 11.4. The first-order chi connectivity index (χ1) is 6.31. The molecule has 2 unspecified atom stereocenters. The topological polar surface area (TPSA) is 32.3 Å². The quantitative estimate of drug-likeness (QED) is 0.648. The fourth-order valence-electron chi connectivity index (χ4n) is 1.90. The van der Waals surface area contributed by atoms with Gasteiger partial charge in [0.1, 0.15) is 6.23 Å². The molecule has 0 amide bonds. The van der Waals surface area contributed by atoms with Crippen LogP contribution in [0, 0.1) is 11.3 Å². The molecule has 86 valence electrons. The molecule has 0 radical (unpaired) electrons. The van der Waals surface area contributed by atoms with E-state index in [0.717, 1.165) is 12.8 Å². The van der Waals surface area contributed by atoms with Crippen molar-refractivity contribution in [3.63, 3.8) is 0 Å². The first-order valence-electron chi connectivity index (χ1n) is 5.76. The monoisotopic (exact) mass is 201 g/mol. The molecule has 0 saturated heterocycles.